The maximum absolute atomic E-state index is 12.8. The Morgan fingerprint density at radius 2 is 2.00 bits per heavy atom. The van der Waals surface area contributed by atoms with Crippen molar-refractivity contribution in [1.82, 2.24) is 4.98 Å². The van der Waals surface area contributed by atoms with Gasteiger partial charge in [-0.15, -0.1) is 0 Å². The molecule has 0 saturated carbocycles. The zero-order chi connectivity index (χ0) is 18.9. The number of aromatic nitrogens is 1. The molecular weight excluding hydrogens is 363 g/mol. The van der Waals surface area contributed by atoms with E-state index in [1.807, 2.05) is 0 Å². The van der Waals surface area contributed by atoms with E-state index in [0.29, 0.717) is 0 Å². The molecule has 0 aliphatic carbocycles. The summed E-state index contributed by atoms with van der Waals surface area (Å²) in [5.74, 6) is -0.301. The first-order valence-corrected chi connectivity index (χ1v) is 7.71. The van der Waals surface area contributed by atoms with Crippen LogP contribution in [-0.4, -0.2) is 72.5 Å². The molecule has 0 aromatic carbocycles. The summed E-state index contributed by atoms with van der Waals surface area (Å²) in [6.45, 7) is -1.32. The molecule has 8 nitrogen and oxygen atoms in total. The number of aliphatic hydroxyl groups excluding tert-OH is 2. The molecule has 1 aromatic heterocycles. The third kappa shape index (κ3) is 3.38. The SMILES string of the molecule is CO[C@H]1OC(CO)(CO)[C@@H]2OCO[C@@H]2[C@H]1Oc1cccc(C(F)(F)F)n1. The van der Waals surface area contributed by atoms with E-state index in [1.165, 1.54) is 13.2 Å². The van der Waals surface area contributed by atoms with E-state index < -0.39 is 55.3 Å². The van der Waals surface area contributed by atoms with Gasteiger partial charge in [-0.1, -0.05) is 6.07 Å². The van der Waals surface area contributed by atoms with Gasteiger partial charge in [0, 0.05) is 13.2 Å². The molecule has 3 rings (SSSR count). The number of nitrogens with zero attached hydrogens (tertiary/aromatic N) is 1. The van der Waals surface area contributed by atoms with E-state index in [2.05, 4.69) is 4.98 Å². The van der Waals surface area contributed by atoms with E-state index in [-0.39, 0.29) is 12.7 Å². The van der Waals surface area contributed by atoms with Gasteiger partial charge in [0.05, 0.1) is 13.2 Å². The number of methoxy groups -OCH3 is 1. The first-order valence-electron chi connectivity index (χ1n) is 7.71. The number of rotatable bonds is 5. The summed E-state index contributed by atoms with van der Waals surface area (Å²) in [6, 6.07) is 3.23. The Morgan fingerprint density at radius 3 is 2.62 bits per heavy atom. The molecule has 146 valence electrons. The van der Waals surface area contributed by atoms with E-state index in [4.69, 9.17) is 23.7 Å². The van der Waals surface area contributed by atoms with E-state index in [1.54, 1.807) is 0 Å². The van der Waals surface area contributed by atoms with Crippen LogP contribution >= 0.6 is 0 Å². The van der Waals surface area contributed by atoms with Crippen molar-refractivity contribution in [2.24, 2.45) is 0 Å². The maximum Gasteiger partial charge on any atom is 0.433 e. The lowest BCUT2D eigenvalue weighted by Gasteiger charge is -2.47. The van der Waals surface area contributed by atoms with Crippen molar-refractivity contribution in [2.75, 3.05) is 27.1 Å². The summed E-state index contributed by atoms with van der Waals surface area (Å²) in [4.78, 5) is 3.44. The molecule has 2 fully saturated rings. The fourth-order valence-corrected chi connectivity index (χ4v) is 3.00. The largest absolute Gasteiger partial charge is 0.466 e. The summed E-state index contributed by atoms with van der Waals surface area (Å²) < 4.78 is 65.7. The van der Waals surface area contributed by atoms with Gasteiger partial charge < -0.3 is 33.9 Å². The van der Waals surface area contributed by atoms with Crippen LogP contribution in [0.1, 0.15) is 5.69 Å². The second-order valence-electron chi connectivity index (χ2n) is 5.88. The van der Waals surface area contributed by atoms with Crippen LogP contribution in [0.25, 0.3) is 0 Å². The molecule has 0 amide bonds. The Bertz CT molecular complexity index is 626. The summed E-state index contributed by atoms with van der Waals surface area (Å²) >= 11 is 0. The standard InChI is InChI=1S/C15H18F3NO7/c1-22-13-11(25-9-4-2-3-8(19-9)15(16,17)18)10-12(24-7-23-10)14(5-20,6-21)26-13/h2-4,10-13,20-21H,5-7H2,1H3/t10-,11-,12-,13+/m1/s1. The minimum atomic E-state index is -4.62. The topological polar surface area (TPSA) is 99.5 Å². The lowest BCUT2D eigenvalue weighted by molar-refractivity contribution is -0.316. The summed E-state index contributed by atoms with van der Waals surface area (Å²) in [5.41, 5.74) is -2.61. The van der Waals surface area contributed by atoms with Crippen LogP contribution in [0.2, 0.25) is 0 Å². The quantitative estimate of drug-likeness (QED) is 0.752. The number of hydrogen-bond donors (Lipinski definition) is 2. The highest BCUT2D eigenvalue weighted by molar-refractivity contribution is 5.19. The first kappa shape index (κ1) is 19.3. The van der Waals surface area contributed by atoms with Crippen molar-refractivity contribution >= 4 is 0 Å². The maximum atomic E-state index is 12.8. The van der Waals surface area contributed by atoms with Gasteiger partial charge in [0.2, 0.25) is 5.88 Å². The van der Waals surface area contributed by atoms with Gasteiger partial charge in [-0.25, -0.2) is 4.98 Å². The van der Waals surface area contributed by atoms with Crippen LogP contribution in [0.15, 0.2) is 18.2 Å². The Kier molecular flexibility index (Phi) is 5.37. The van der Waals surface area contributed by atoms with E-state index >= 15 is 0 Å². The third-order valence-corrected chi connectivity index (χ3v) is 4.31. The number of pyridine rings is 1. The Labute approximate surface area is 146 Å². The van der Waals surface area contributed by atoms with E-state index in [9.17, 15) is 23.4 Å². The first-order chi connectivity index (χ1) is 12.3. The average molecular weight is 381 g/mol. The normalized spacial score (nSPS) is 30.8. The molecule has 0 bridgehead atoms. The molecule has 1 aromatic rings. The van der Waals surface area contributed by atoms with Crippen LogP contribution in [0, 0.1) is 0 Å². The highest BCUT2D eigenvalue weighted by atomic mass is 19.4. The van der Waals surface area contributed by atoms with Crippen molar-refractivity contribution in [1.29, 1.82) is 0 Å². The minimum absolute atomic E-state index is 0.160. The fraction of sp³-hybridized carbons (Fsp3) is 0.667. The number of aliphatic hydroxyl groups is 2. The zero-order valence-electron chi connectivity index (χ0n) is 13.7. The van der Waals surface area contributed by atoms with Gasteiger partial charge in [-0.2, -0.15) is 13.2 Å². The predicted molar refractivity (Wildman–Crippen MR) is 77.1 cm³/mol. The minimum Gasteiger partial charge on any atom is -0.466 e. The van der Waals surface area contributed by atoms with Gasteiger partial charge in [0.1, 0.15) is 30.3 Å². The summed E-state index contributed by atoms with van der Waals surface area (Å²) in [6.07, 6.45) is -8.56. The van der Waals surface area contributed by atoms with Crippen LogP contribution in [-0.2, 0) is 25.1 Å². The van der Waals surface area contributed by atoms with Gasteiger partial charge in [-0.3, -0.25) is 0 Å². The Balaban J connectivity index is 1.87. The smallest absolute Gasteiger partial charge is 0.433 e. The molecule has 0 unspecified atom stereocenters. The molecule has 0 spiro atoms. The molecular formula is C15H18F3NO7. The number of hydrogen-bond acceptors (Lipinski definition) is 8. The van der Waals surface area contributed by atoms with Gasteiger partial charge in [-0.05, 0) is 6.07 Å². The second kappa shape index (κ2) is 7.25. The molecule has 2 saturated heterocycles. The molecule has 2 N–H and O–H groups in total. The lowest BCUT2D eigenvalue weighted by Crippen LogP contribution is -2.67. The van der Waals surface area contributed by atoms with Gasteiger partial charge in [0.15, 0.2) is 12.4 Å². The zero-order valence-corrected chi connectivity index (χ0v) is 13.7. The number of ether oxygens (including phenoxy) is 5. The van der Waals surface area contributed by atoms with Crippen LogP contribution in [0.5, 0.6) is 5.88 Å². The van der Waals surface area contributed by atoms with Crippen molar-refractivity contribution in [3.05, 3.63) is 23.9 Å². The van der Waals surface area contributed by atoms with Crippen molar-refractivity contribution < 1.29 is 47.1 Å². The molecule has 4 atom stereocenters. The number of fused-ring (bicyclic) bond motifs is 1. The van der Waals surface area contributed by atoms with Crippen LogP contribution < -0.4 is 4.74 Å². The van der Waals surface area contributed by atoms with E-state index in [0.717, 1.165) is 12.1 Å². The predicted octanol–water partition coefficient (Wildman–Crippen LogP) is 0.315. The highest BCUT2D eigenvalue weighted by Gasteiger charge is 2.59. The molecule has 2 aliphatic heterocycles. The average Bonchev–Trinajstić information content (AvgIpc) is 3.12. The van der Waals surface area contributed by atoms with Crippen molar-refractivity contribution in [2.45, 2.75) is 36.4 Å². The Morgan fingerprint density at radius 1 is 1.27 bits per heavy atom. The molecule has 26 heavy (non-hydrogen) atoms. The fourth-order valence-electron chi connectivity index (χ4n) is 3.00. The molecule has 11 heteroatoms. The van der Waals surface area contributed by atoms with Crippen LogP contribution in [0.4, 0.5) is 13.2 Å². The second-order valence-corrected chi connectivity index (χ2v) is 5.88. The van der Waals surface area contributed by atoms with Crippen LogP contribution in [0.3, 0.4) is 0 Å². The van der Waals surface area contributed by atoms with Crippen molar-refractivity contribution in [3.63, 3.8) is 0 Å². The number of alkyl halides is 3. The monoisotopic (exact) mass is 381 g/mol. The highest BCUT2D eigenvalue weighted by Crippen LogP contribution is 2.38. The number of halogens is 3. The Hall–Kier alpha value is -1.50. The molecule has 0 radical (unpaired) electrons. The van der Waals surface area contributed by atoms with Crippen molar-refractivity contribution in [3.8, 4) is 5.88 Å². The van der Waals surface area contributed by atoms with Gasteiger partial charge in [0.25, 0.3) is 0 Å². The third-order valence-electron chi connectivity index (χ3n) is 4.31. The molecule has 2 aliphatic rings. The lowest BCUT2D eigenvalue weighted by atomic mass is 9.87. The summed E-state index contributed by atoms with van der Waals surface area (Å²) in [7, 11) is 1.29. The summed E-state index contributed by atoms with van der Waals surface area (Å²) in [5, 5.41) is 19.3. The molecule has 3 heterocycles. The van der Waals surface area contributed by atoms with Gasteiger partial charge >= 0.3 is 6.18 Å².